The van der Waals surface area contributed by atoms with Crippen LogP contribution in [0.15, 0.2) is 67.0 Å². The molecule has 1 fully saturated rings. The van der Waals surface area contributed by atoms with E-state index in [1.165, 1.54) is 30.5 Å². The molecule has 168 valence electrons. The minimum Gasteiger partial charge on any atom is -0.346 e. The highest BCUT2D eigenvalue weighted by Gasteiger charge is 2.19. The van der Waals surface area contributed by atoms with Gasteiger partial charge in [0.25, 0.3) is 5.91 Å². The highest BCUT2D eigenvalue weighted by Crippen LogP contribution is 2.32. The second-order valence-corrected chi connectivity index (χ2v) is 9.32. The van der Waals surface area contributed by atoms with Gasteiger partial charge in [-0.1, -0.05) is 36.4 Å². The van der Waals surface area contributed by atoms with Crippen LogP contribution in [0, 0.1) is 0 Å². The Balaban J connectivity index is 1.43. The van der Waals surface area contributed by atoms with Crippen molar-refractivity contribution in [1.82, 2.24) is 19.8 Å². The lowest BCUT2D eigenvalue weighted by Crippen LogP contribution is -2.30. The van der Waals surface area contributed by atoms with Crippen LogP contribution in [0.5, 0.6) is 0 Å². The third-order valence-corrected chi connectivity index (χ3v) is 6.72. The first-order valence-electron chi connectivity index (χ1n) is 11.6. The average Bonchev–Trinajstić information content (AvgIpc) is 3.27. The number of rotatable bonds is 4. The maximum atomic E-state index is 12.2. The van der Waals surface area contributed by atoms with Gasteiger partial charge in [0, 0.05) is 55.1 Å². The van der Waals surface area contributed by atoms with E-state index in [9.17, 15) is 4.79 Å². The fraction of sp³-hybridized carbons (Fsp3) is 0.286. The first-order chi connectivity index (χ1) is 16.0. The van der Waals surface area contributed by atoms with Gasteiger partial charge in [-0.2, -0.15) is 0 Å². The van der Waals surface area contributed by atoms with Crippen molar-refractivity contribution in [3.63, 3.8) is 0 Å². The topological polar surface area (TPSA) is 52.2 Å². The zero-order valence-electron chi connectivity index (χ0n) is 19.5. The summed E-state index contributed by atoms with van der Waals surface area (Å²) in [5.41, 5.74) is 7.41. The summed E-state index contributed by atoms with van der Waals surface area (Å²) in [6, 6.07) is 19.0. The predicted octanol–water partition coefficient (Wildman–Crippen LogP) is 5.41. The molecular formula is C28H30N4O. The van der Waals surface area contributed by atoms with Crippen LogP contribution >= 0.6 is 0 Å². The molecule has 1 amide bonds. The van der Waals surface area contributed by atoms with Crippen molar-refractivity contribution in [1.29, 1.82) is 0 Å². The molecule has 5 rings (SSSR count). The van der Waals surface area contributed by atoms with E-state index in [0.717, 1.165) is 34.3 Å². The Morgan fingerprint density at radius 3 is 2.45 bits per heavy atom. The number of carbonyl (C=O) groups excluding carboxylic acids is 1. The number of hydrogen-bond acceptors (Lipinski definition) is 3. The van der Waals surface area contributed by atoms with Gasteiger partial charge in [-0.15, -0.1) is 0 Å². The van der Waals surface area contributed by atoms with Crippen molar-refractivity contribution in [2.45, 2.75) is 18.8 Å². The molecule has 0 saturated carbocycles. The molecule has 1 saturated heterocycles. The van der Waals surface area contributed by atoms with Gasteiger partial charge in [0.15, 0.2) is 0 Å². The molecule has 4 aromatic rings. The molecule has 5 nitrogen and oxygen atoms in total. The lowest BCUT2D eigenvalue weighted by Gasteiger charge is -2.30. The summed E-state index contributed by atoms with van der Waals surface area (Å²) in [7, 11) is 5.75. The summed E-state index contributed by atoms with van der Waals surface area (Å²) in [6.45, 7) is 2.34. The lowest BCUT2D eigenvalue weighted by molar-refractivity contribution is 0.0827. The second kappa shape index (κ2) is 8.83. The zero-order valence-corrected chi connectivity index (χ0v) is 19.5. The molecule has 33 heavy (non-hydrogen) atoms. The van der Waals surface area contributed by atoms with E-state index in [1.54, 1.807) is 19.0 Å². The van der Waals surface area contributed by atoms with Crippen molar-refractivity contribution < 1.29 is 4.79 Å². The van der Waals surface area contributed by atoms with Crippen molar-refractivity contribution >= 4 is 16.9 Å². The number of nitrogens with zero attached hydrogens (tertiary/aromatic N) is 3. The van der Waals surface area contributed by atoms with Crippen LogP contribution in [0.4, 0.5) is 0 Å². The highest BCUT2D eigenvalue weighted by molar-refractivity contribution is 5.97. The number of fused-ring (bicyclic) bond motifs is 1. The number of nitrogens with one attached hydrogen (secondary N) is 1. The third kappa shape index (κ3) is 4.29. The lowest BCUT2D eigenvalue weighted by atomic mass is 9.90. The molecule has 3 heterocycles. The van der Waals surface area contributed by atoms with Crippen LogP contribution in [0.2, 0.25) is 0 Å². The summed E-state index contributed by atoms with van der Waals surface area (Å²) < 4.78 is 0. The summed E-state index contributed by atoms with van der Waals surface area (Å²) in [4.78, 5) is 24.2. The number of hydrogen-bond donors (Lipinski definition) is 1. The van der Waals surface area contributed by atoms with Gasteiger partial charge in [0.1, 0.15) is 5.65 Å². The smallest absolute Gasteiger partial charge is 0.253 e. The number of likely N-dealkylation sites (tertiary alicyclic amines) is 1. The summed E-state index contributed by atoms with van der Waals surface area (Å²) in [6.07, 6.45) is 6.46. The molecule has 2 aromatic heterocycles. The molecule has 0 radical (unpaired) electrons. The second-order valence-electron chi connectivity index (χ2n) is 9.32. The van der Waals surface area contributed by atoms with Crippen LogP contribution < -0.4 is 0 Å². The van der Waals surface area contributed by atoms with Crippen LogP contribution in [-0.2, 0) is 0 Å². The Morgan fingerprint density at radius 1 is 1.03 bits per heavy atom. The van der Waals surface area contributed by atoms with Crippen molar-refractivity contribution in [3.8, 4) is 22.3 Å². The molecule has 5 heteroatoms. The maximum absolute atomic E-state index is 12.2. The highest BCUT2D eigenvalue weighted by atomic mass is 16.2. The van der Waals surface area contributed by atoms with Gasteiger partial charge < -0.3 is 14.8 Å². The number of amides is 1. The fourth-order valence-corrected chi connectivity index (χ4v) is 4.84. The van der Waals surface area contributed by atoms with Crippen LogP contribution in [0.25, 0.3) is 33.3 Å². The minimum absolute atomic E-state index is 0.00717. The maximum Gasteiger partial charge on any atom is 0.253 e. The van der Waals surface area contributed by atoms with Crippen molar-refractivity contribution in [2.75, 3.05) is 34.2 Å². The fourth-order valence-electron chi connectivity index (χ4n) is 4.84. The molecule has 2 aromatic carbocycles. The van der Waals surface area contributed by atoms with Crippen LogP contribution in [-0.4, -0.2) is 59.9 Å². The first-order valence-corrected chi connectivity index (χ1v) is 11.6. The summed E-state index contributed by atoms with van der Waals surface area (Å²) in [5.74, 6) is 0.629. The van der Waals surface area contributed by atoms with E-state index < -0.39 is 0 Å². The number of aromatic nitrogens is 2. The van der Waals surface area contributed by atoms with Gasteiger partial charge in [0.05, 0.1) is 0 Å². The SMILES string of the molecule is CN1CCCC(c2ccc(-c3cnc4[nH]cc(-c5ccc(C(=O)N(C)C)cc5)c4c3)cc2)C1. The van der Waals surface area contributed by atoms with Gasteiger partial charge in [-0.25, -0.2) is 4.98 Å². The van der Waals surface area contributed by atoms with E-state index in [-0.39, 0.29) is 5.91 Å². The van der Waals surface area contributed by atoms with E-state index in [4.69, 9.17) is 0 Å². The van der Waals surface area contributed by atoms with E-state index >= 15 is 0 Å². The number of likely N-dealkylation sites (N-methyl/N-ethyl adjacent to an activating group) is 1. The molecule has 1 unspecified atom stereocenters. The Hall–Kier alpha value is -3.44. The molecular weight excluding hydrogens is 408 g/mol. The molecule has 0 spiro atoms. The predicted molar refractivity (Wildman–Crippen MR) is 134 cm³/mol. The molecule has 0 aliphatic carbocycles. The van der Waals surface area contributed by atoms with Crippen LogP contribution in [0.1, 0.15) is 34.7 Å². The van der Waals surface area contributed by atoms with Crippen molar-refractivity contribution in [3.05, 3.63) is 78.1 Å². The number of H-pyrrole nitrogens is 1. The Labute approximate surface area is 195 Å². The number of carbonyl (C=O) groups is 1. The Morgan fingerprint density at radius 2 is 1.76 bits per heavy atom. The van der Waals surface area contributed by atoms with E-state index in [2.05, 4.69) is 52.2 Å². The normalized spacial score (nSPS) is 16.8. The Bertz CT molecular complexity index is 1270. The molecule has 1 aliphatic rings. The van der Waals surface area contributed by atoms with E-state index in [1.807, 2.05) is 36.7 Å². The van der Waals surface area contributed by atoms with E-state index in [0.29, 0.717) is 11.5 Å². The van der Waals surface area contributed by atoms with Gasteiger partial charge >= 0.3 is 0 Å². The number of benzene rings is 2. The quantitative estimate of drug-likeness (QED) is 0.464. The molecule has 0 bridgehead atoms. The first kappa shape index (κ1) is 21.4. The van der Waals surface area contributed by atoms with Gasteiger partial charge in [-0.05, 0) is 67.2 Å². The zero-order chi connectivity index (χ0) is 22.9. The molecule has 1 aliphatic heterocycles. The summed E-state index contributed by atoms with van der Waals surface area (Å²) in [5, 5.41) is 1.08. The molecule has 1 atom stereocenters. The minimum atomic E-state index is 0.00717. The standard InChI is InChI=1S/C28H30N4O/c1-31(2)28(33)22-12-10-21(11-13-22)26-17-30-27-25(26)15-24(16-29-27)20-8-6-19(7-9-20)23-5-4-14-32(3)18-23/h6-13,15-17,23H,4-5,14,18H2,1-3H3,(H,29,30). The van der Waals surface area contributed by atoms with Crippen LogP contribution in [0.3, 0.4) is 0 Å². The number of pyridine rings is 1. The largest absolute Gasteiger partial charge is 0.346 e. The van der Waals surface area contributed by atoms with Gasteiger partial charge in [0.2, 0.25) is 0 Å². The number of piperidine rings is 1. The average molecular weight is 439 g/mol. The van der Waals surface area contributed by atoms with Gasteiger partial charge in [-0.3, -0.25) is 4.79 Å². The third-order valence-electron chi connectivity index (χ3n) is 6.72. The van der Waals surface area contributed by atoms with Crippen molar-refractivity contribution in [2.24, 2.45) is 0 Å². The number of aromatic amines is 1. The molecule has 1 N–H and O–H groups in total. The summed E-state index contributed by atoms with van der Waals surface area (Å²) >= 11 is 0. The Kier molecular flexibility index (Phi) is 5.73. The monoisotopic (exact) mass is 438 g/mol.